The molecule has 4 heteroatoms. The highest BCUT2D eigenvalue weighted by atomic mass is 32.2. The fourth-order valence-corrected chi connectivity index (χ4v) is 2.86. The number of pyridine rings is 1. The van der Waals surface area contributed by atoms with E-state index in [2.05, 4.69) is 47.6 Å². The lowest BCUT2D eigenvalue weighted by molar-refractivity contribution is 0.394. The van der Waals surface area contributed by atoms with Crippen LogP contribution in [-0.4, -0.2) is 19.1 Å². The first-order valence-corrected chi connectivity index (χ1v) is 7.61. The topological polar surface area (TPSA) is 34.2 Å². The minimum atomic E-state index is 0.364. The SMILES string of the molecule is CNC(C)c1cccc(SCc2cccnc2OC)c1. The second-order valence-electron chi connectivity index (χ2n) is 4.54. The first kappa shape index (κ1) is 14.9. The molecule has 0 amide bonds. The highest BCUT2D eigenvalue weighted by Gasteiger charge is 2.06. The standard InChI is InChI=1S/C16H20N2OS/c1-12(17-2)13-6-4-8-15(10-13)20-11-14-7-5-9-18-16(14)19-3/h4-10,12,17H,11H2,1-3H3. The average Bonchev–Trinajstić information content (AvgIpc) is 2.52. The molecule has 3 nitrogen and oxygen atoms in total. The van der Waals surface area contributed by atoms with Crippen LogP contribution in [0.5, 0.6) is 5.88 Å². The summed E-state index contributed by atoms with van der Waals surface area (Å²) in [6.45, 7) is 2.16. The first-order valence-electron chi connectivity index (χ1n) is 6.62. The summed E-state index contributed by atoms with van der Waals surface area (Å²) in [6, 6.07) is 13.0. The largest absolute Gasteiger partial charge is 0.481 e. The Morgan fingerprint density at radius 1 is 1.30 bits per heavy atom. The number of ether oxygens (including phenoxy) is 1. The normalized spacial score (nSPS) is 12.2. The Morgan fingerprint density at radius 3 is 2.90 bits per heavy atom. The van der Waals surface area contributed by atoms with Crippen LogP contribution >= 0.6 is 11.8 Å². The molecule has 0 spiro atoms. The molecule has 0 bridgehead atoms. The molecule has 1 N–H and O–H groups in total. The summed E-state index contributed by atoms with van der Waals surface area (Å²) in [7, 11) is 3.64. The summed E-state index contributed by atoms with van der Waals surface area (Å²) in [6.07, 6.45) is 1.75. The molecule has 0 saturated heterocycles. The van der Waals surface area contributed by atoms with Crippen molar-refractivity contribution in [3.05, 3.63) is 53.7 Å². The summed E-state index contributed by atoms with van der Waals surface area (Å²) in [5.74, 6) is 1.56. The Bertz CT molecular complexity index is 560. The van der Waals surface area contributed by atoms with Crippen molar-refractivity contribution < 1.29 is 4.74 Å². The van der Waals surface area contributed by atoms with Gasteiger partial charge < -0.3 is 10.1 Å². The highest BCUT2D eigenvalue weighted by molar-refractivity contribution is 7.98. The third-order valence-corrected chi connectivity index (χ3v) is 4.27. The molecule has 0 fully saturated rings. The lowest BCUT2D eigenvalue weighted by Gasteiger charge is -2.12. The third kappa shape index (κ3) is 3.74. The van der Waals surface area contributed by atoms with Crippen LogP contribution in [0.15, 0.2) is 47.5 Å². The van der Waals surface area contributed by atoms with Crippen LogP contribution in [0.25, 0.3) is 0 Å². The van der Waals surface area contributed by atoms with E-state index in [0.717, 1.165) is 11.3 Å². The number of hydrogen-bond donors (Lipinski definition) is 1. The Balaban J connectivity index is 2.07. The van der Waals surface area contributed by atoms with Gasteiger partial charge in [0.25, 0.3) is 0 Å². The van der Waals surface area contributed by atoms with Crippen LogP contribution in [0, 0.1) is 0 Å². The van der Waals surface area contributed by atoms with Crippen molar-refractivity contribution >= 4 is 11.8 Å². The molecule has 0 saturated carbocycles. The average molecular weight is 288 g/mol. The minimum absolute atomic E-state index is 0.364. The molecule has 1 aromatic heterocycles. The van der Waals surface area contributed by atoms with E-state index in [1.165, 1.54) is 10.5 Å². The molecule has 1 unspecified atom stereocenters. The second-order valence-corrected chi connectivity index (χ2v) is 5.59. The van der Waals surface area contributed by atoms with Gasteiger partial charge in [-0.05, 0) is 37.7 Å². The molecular formula is C16H20N2OS. The Kier molecular flexibility index (Phi) is 5.44. The van der Waals surface area contributed by atoms with Gasteiger partial charge in [0.2, 0.25) is 5.88 Å². The smallest absolute Gasteiger partial charge is 0.217 e. The quantitative estimate of drug-likeness (QED) is 0.823. The van der Waals surface area contributed by atoms with E-state index in [1.807, 2.05) is 13.1 Å². The number of nitrogens with zero attached hydrogens (tertiary/aromatic N) is 1. The van der Waals surface area contributed by atoms with Crippen LogP contribution in [-0.2, 0) is 5.75 Å². The zero-order chi connectivity index (χ0) is 14.4. The molecule has 0 aliphatic heterocycles. The monoisotopic (exact) mass is 288 g/mol. The van der Waals surface area contributed by atoms with Gasteiger partial charge in [-0.25, -0.2) is 4.98 Å². The van der Waals surface area contributed by atoms with Crippen molar-refractivity contribution in [2.24, 2.45) is 0 Å². The van der Waals surface area contributed by atoms with Crippen LogP contribution in [0.2, 0.25) is 0 Å². The number of aromatic nitrogens is 1. The highest BCUT2D eigenvalue weighted by Crippen LogP contribution is 2.28. The lowest BCUT2D eigenvalue weighted by Crippen LogP contribution is -2.11. The van der Waals surface area contributed by atoms with Gasteiger partial charge in [-0.15, -0.1) is 11.8 Å². The third-order valence-electron chi connectivity index (χ3n) is 3.23. The van der Waals surface area contributed by atoms with Gasteiger partial charge in [0.05, 0.1) is 7.11 Å². The summed E-state index contributed by atoms with van der Waals surface area (Å²) in [5, 5.41) is 3.26. The number of rotatable bonds is 6. The summed E-state index contributed by atoms with van der Waals surface area (Å²) in [4.78, 5) is 5.48. The van der Waals surface area contributed by atoms with Crippen molar-refractivity contribution in [2.75, 3.05) is 14.2 Å². The van der Waals surface area contributed by atoms with Crippen molar-refractivity contribution in [3.63, 3.8) is 0 Å². The zero-order valence-electron chi connectivity index (χ0n) is 12.1. The van der Waals surface area contributed by atoms with Crippen LogP contribution < -0.4 is 10.1 Å². The number of methoxy groups -OCH3 is 1. The van der Waals surface area contributed by atoms with Gasteiger partial charge in [0, 0.05) is 28.5 Å². The van der Waals surface area contributed by atoms with Crippen LogP contribution in [0.4, 0.5) is 0 Å². The molecule has 1 heterocycles. The van der Waals surface area contributed by atoms with Gasteiger partial charge in [0.1, 0.15) is 0 Å². The van der Waals surface area contributed by atoms with Gasteiger partial charge >= 0.3 is 0 Å². The second kappa shape index (κ2) is 7.31. The van der Waals surface area contributed by atoms with Gasteiger partial charge in [-0.2, -0.15) is 0 Å². The van der Waals surface area contributed by atoms with E-state index in [1.54, 1.807) is 25.1 Å². The molecule has 20 heavy (non-hydrogen) atoms. The molecule has 1 atom stereocenters. The van der Waals surface area contributed by atoms with Crippen molar-refractivity contribution in [1.29, 1.82) is 0 Å². The molecule has 0 aliphatic rings. The van der Waals surface area contributed by atoms with E-state index in [4.69, 9.17) is 4.74 Å². The number of nitrogens with one attached hydrogen (secondary N) is 1. The maximum Gasteiger partial charge on any atom is 0.217 e. The summed E-state index contributed by atoms with van der Waals surface area (Å²) < 4.78 is 5.28. The maximum atomic E-state index is 5.28. The van der Waals surface area contributed by atoms with Crippen molar-refractivity contribution in [3.8, 4) is 5.88 Å². The number of thioether (sulfide) groups is 1. The van der Waals surface area contributed by atoms with E-state index < -0.39 is 0 Å². The van der Waals surface area contributed by atoms with Crippen LogP contribution in [0.3, 0.4) is 0 Å². The molecule has 1 aromatic carbocycles. The lowest BCUT2D eigenvalue weighted by atomic mass is 10.1. The predicted molar refractivity (Wildman–Crippen MR) is 84.3 cm³/mol. The van der Waals surface area contributed by atoms with E-state index in [-0.39, 0.29) is 0 Å². The summed E-state index contributed by atoms with van der Waals surface area (Å²) >= 11 is 1.80. The first-order chi connectivity index (χ1) is 9.74. The van der Waals surface area contributed by atoms with Crippen molar-refractivity contribution in [1.82, 2.24) is 10.3 Å². The van der Waals surface area contributed by atoms with Gasteiger partial charge in [0.15, 0.2) is 0 Å². The van der Waals surface area contributed by atoms with E-state index in [9.17, 15) is 0 Å². The van der Waals surface area contributed by atoms with E-state index >= 15 is 0 Å². The number of benzene rings is 1. The van der Waals surface area contributed by atoms with Gasteiger partial charge in [-0.1, -0.05) is 18.2 Å². The predicted octanol–water partition coefficient (Wildman–Crippen LogP) is 3.66. The molecule has 106 valence electrons. The maximum absolute atomic E-state index is 5.28. The molecule has 2 aromatic rings. The van der Waals surface area contributed by atoms with E-state index in [0.29, 0.717) is 11.9 Å². The van der Waals surface area contributed by atoms with Crippen LogP contribution in [0.1, 0.15) is 24.1 Å². The summed E-state index contributed by atoms with van der Waals surface area (Å²) in [5.41, 5.74) is 2.42. The molecule has 2 rings (SSSR count). The molecular weight excluding hydrogens is 268 g/mol. The Hall–Kier alpha value is -1.52. The minimum Gasteiger partial charge on any atom is -0.481 e. The molecule has 0 aliphatic carbocycles. The Labute approximate surface area is 124 Å². The molecule has 0 radical (unpaired) electrons. The fourth-order valence-electron chi connectivity index (χ4n) is 1.92. The van der Waals surface area contributed by atoms with Gasteiger partial charge in [-0.3, -0.25) is 0 Å². The Morgan fingerprint density at radius 2 is 2.15 bits per heavy atom. The fraction of sp³-hybridized carbons (Fsp3) is 0.312. The number of hydrogen-bond acceptors (Lipinski definition) is 4. The van der Waals surface area contributed by atoms with Crippen molar-refractivity contribution in [2.45, 2.75) is 23.6 Å². The zero-order valence-corrected chi connectivity index (χ0v) is 12.9.